The number of pyridine rings is 1. The molecule has 0 aliphatic carbocycles. The molecule has 2 heterocycles. The number of benzene rings is 2. The van der Waals surface area contributed by atoms with Gasteiger partial charge in [0, 0.05) is 22.8 Å². The monoisotopic (exact) mass is 385 g/mol. The molecule has 0 fully saturated rings. The SMILES string of the molecule is C[n+]1c(-c2cccs2)c2cc(N)ccc2c2ccc(N)cc21.[Br-]. The van der Waals surface area contributed by atoms with Crippen LogP contribution in [0.2, 0.25) is 0 Å². The third-order valence-electron chi connectivity index (χ3n) is 4.06. The predicted molar refractivity (Wildman–Crippen MR) is 94.8 cm³/mol. The molecule has 2 aromatic carbocycles. The predicted octanol–water partition coefficient (Wildman–Crippen LogP) is 0.714. The van der Waals surface area contributed by atoms with Gasteiger partial charge in [-0.05, 0) is 35.7 Å². The Bertz CT molecular complexity index is 1010. The van der Waals surface area contributed by atoms with Crippen LogP contribution in [0.5, 0.6) is 0 Å². The fraction of sp³-hybridized carbons (Fsp3) is 0.0556. The minimum absolute atomic E-state index is 0. The van der Waals surface area contributed by atoms with Crippen LogP contribution in [0.1, 0.15) is 0 Å². The minimum Gasteiger partial charge on any atom is -1.00 e. The average molecular weight is 386 g/mol. The molecule has 0 spiro atoms. The quantitative estimate of drug-likeness (QED) is 0.288. The van der Waals surface area contributed by atoms with Crippen LogP contribution in [-0.2, 0) is 7.05 Å². The Kier molecular flexibility index (Phi) is 4.00. The third kappa shape index (κ3) is 2.46. The summed E-state index contributed by atoms with van der Waals surface area (Å²) in [7, 11) is 2.08. The second-order valence-corrected chi connectivity index (χ2v) is 6.41. The summed E-state index contributed by atoms with van der Waals surface area (Å²) in [4.78, 5) is 1.22. The summed E-state index contributed by atoms with van der Waals surface area (Å²) < 4.78 is 2.21. The number of hydrogen-bond acceptors (Lipinski definition) is 3. The number of nitrogens with two attached hydrogens (primary N) is 2. The minimum atomic E-state index is 0. The van der Waals surface area contributed by atoms with Crippen LogP contribution < -0.4 is 33.0 Å². The van der Waals surface area contributed by atoms with Gasteiger partial charge in [-0.2, -0.15) is 4.57 Å². The molecule has 116 valence electrons. The summed E-state index contributed by atoms with van der Waals surface area (Å²) >= 11 is 1.73. The highest BCUT2D eigenvalue weighted by Gasteiger charge is 2.21. The molecular weight excluding hydrogens is 370 g/mol. The van der Waals surface area contributed by atoms with Gasteiger partial charge in [0.15, 0.2) is 0 Å². The molecule has 0 aliphatic heterocycles. The Hall–Kier alpha value is -2.11. The standard InChI is InChI=1S/C18H15N3S.BrH/c1-21-16-10-12(20)5-7-14(16)13-6-4-11(19)9-15(13)18(21)17-3-2-8-22-17;/h2-10,20H,19H2,1H3;1H. The number of hydrogen-bond donors (Lipinski definition) is 2. The highest BCUT2D eigenvalue weighted by molar-refractivity contribution is 7.13. The molecule has 0 radical (unpaired) electrons. The van der Waals surface area contributed by atoms with Gasteiger partial charge in [-0.15, -0.1) is 11.3 Å². The molecule has 0 amide bonds. The van der Waals surface area contributed by atoms with E-state index in [-0.39, 0.29) is 17.0 Å². The van der Waals surface area contributed by atoms with Crippen molar-refractivity contribution in [2.45, 2.75) is 0 Å². The van der Waals surface area contributed by atoms with Crippen molar-refractivity contribution in [2.24, 2.45) is 7.05 Å². The first kappa shape index (κ1) is 15.8. The molecule has 0 bridgehead atoms. The van der Waals surface area contributed by atoms with E-state index in [1.165, 1.54) is 26.7 Å². The summed E-state index contributed by atoms with van der Waals surface area (Å²) in [6.07, 6.45) is 0. The zero-order chi connectivity index (χ0) is 15.3. The zero-order valence-corrected chi connectivity index (χ0v) is 15.0. The normalized spacial score (nSPS) is 10.8. The van der Waals surface area contributed by atoms with E-state index < -0.39 is 0 Å². The number of thiophene rings is 1. The maximum absolute atomic E-state index is 6.04. The summed E-state index contributed by atoms with van der Waals surface area (Å²) in [5.74, 6) is 0. The van der Waals surface area contributed by atoms with Crippen LogP contribution in [0, 0.1) is 0 Å². The maximum Gasteiger partial charge on any atom is 0.230 e. The number of fused-ring (bicyclic) bond motifs is 3. The lowest BCUT2D eigenvalue weighted by molar-refractivity contribution is -0.632. The largest absolute Gasteiger partial charge is 1.00 e. The van der Waals surface area contributed by atoms with Crippen molar-refractivity contribution in [2.75, 3.05) is 11.5 Å². The number of nitrogen functional groups attached to an aromatic ring is 2. The van der Waals surface area contributed by atoms with Gasteiger partial charge in [0.2, 0.25) is 11.2 Å². The molecule has 4 aromatic rings. The van der Waals surface area contributed by atoms with E-state index >= 15 is 0 Å². The summed E-state index contributed by atoms with van der Waals surface area (Å²) in [6.45, 7) is 0. The number of anilines is 2. The first-order valence-electron chi connectivity index (χ1n) is 7.09. The molecule has 0 saturated carbocycles. The average Bonchev–Trinajstić information content (AvgIpc) is 3.01. The lowest BCUT2D eigenvalue weighted by Crippen LogP contribution is -3.00. The van der Waals surface area contributed by atoms with Gasteiger partial charge in [-0.25, -0.2) is 0 Å². The van der Waals surface area contributed by atoms with Crippen molar-refractivity contribution in [3.05, 3.63) is 53.9 Å². The maximum atomic E-state index is 6.04. The van der Waals surface area contributed by atoms with E-state index in [2.05, 4.69) is 47.3 Å². The van der Waals surface area contributed by atoms with Crippen LogP contribution in [0.4, 0.5) is 11.4 Å². The molecule has 2 aromatic heterocycles. The number of nitrogens with zero attached hydrogens (tertiary/aromatic N) is 1. The van der Waals surface area contributed by atoms with E-state index in [4.69, 9.17) is 11.5 Å². The van der Waals surface area contributed by atoms with Crippen molar-refractivity contribution in [1.82, 2.24) is 0 Å². The smallest absolute Gasteiger partial charge is 0.230 e. The van der Waals surface area contributed by atoms with Crippen molar-refractivity contribution in [3.63, 3.8) is 0 Å². The Morgan fingerprint density at radius 3 is 2.26 bits per heavy atom. The van der Waals surface area contributed by atoms with Gasteiger partial charge in [-0.1, -0.05) is 12.1 Å². The van der Waals surface area contributed by atoms with E-state index in [1.807, 2.05) is 18.2 Å². The van der Waals surface area contributed by atoms with Crippen molar-refractivity contribution < 1.29 is 21.5 Å². The second-order valence-electron chi connectivity index (χ2n) is 5.47. The molecule has 4 N–H and O–H groups in total. The van der Waals surface area contributed by atoms with Crippen LogP contribution in [0.25, 0.3) is 32.2 Å². The summed E-state index contributed by atoms with van der Waals surface area (Å²) in [5, 5.41) is 5.65. The van der Waals surface area contributed by atoms with Gasteiger partial charge in [-0.3, -0.25) is 0 Å². The summed E-state index contributed by atoms with van der Waals surface area (Å²) in [6, 6.07) is 16.4. The number of halogens is 1. The van der Waals surface area contributed by atoms with Gasteiger partial charge >= 0.3 is 0 Å². The van der Waals surface area contributed by atoms with Crippen LogP contribution in [-0.4, -0.2) is 0 Å². The number of aryl methyl sites for hydroxylation is 1. The van der Waals surface area contributed by atoms with Gasteiger partial charge < -0.3 is 28.4 Å². The molecule has 0 saturated heterocycles. The molecule has 3 nitrogen and oxygen atoms in total. The molecule has 0 atom stereocenters. The fourth-order valence-corrected chi connectivity index (χ4v) is 3.88. The molecule has 0 aliphatic rings. The van der Waals surface area contributed by atoms with Crippen molar-refractivity contribution in [3.8, 4) is 10.6 Å². The molecule has 23 heavy (non-hydrogen) atoms. The summed E-state index contributed by atoms with van der Waals surface area (Å²) in [5.41, 5.74) is 15.9. The van der Waals surface area contributed by atoms with Crippen molar-refractivity contribution >= 4 is 44.4 Å². The van der Waals surface area contributed by atoms with Gasteiger partial charge in [0.05, 0.1) is 15.6 Å². The first-order valence-corrected chi connectivity index (χ1v) is 7.97. The van der Waals surface area contributed by atoms with Crippen LogP contribution in [0.15, 0.2) is 53.9 Å². The zero-order valence-electron chi connectivity index (χ0n) is 12.6. The highest BCUT2D eigenvalue weighted by Crippen LogP contribution is 2.34. The Labute approximate surface area is 148 Å². The molecule has 4 rings (SSSR count). The lowest BCUT2D eigenvalue weighted by Gasteiger charge is -2.09. The number of rotatable bonds is 1. The van der Waals surface area contributed by atoms with E-state index in [0.29, 0.717) is 0 Å². The highest BCUT2D eigenvalue weighted by atomic mass is 79.9. The topological polar surface area (TPSA) is 55.9 Å². The van der Waals surface area contributed by atoms with Crippen LogP contribution >= 0.6 is 11.3 Å². The van der Waals surface area contributed by atoms with Crippen LogP contribution in [0.3, 0.4) is 0 Å². The molecule has 0 unspecified atom stereocenters. The van der Waals surface area contributed by atoms with E-state index in [0.717, 1.165) is 16.9 Å². The molecular formula is C18H16BrN3S. The van der Waals surface area contributed by atoms with Crippen molar-refractivity contribution in [1.29, 1.82) is 0 Å². The second kappa shape index (κ2) is 5.83. The van der Waals surface area contributed by atoms with E-state index in [9.17, 15) is 0 Å². The number of aromatic nitrogens is 1. The third-order valence-corrected chi connectivity index (χ3v) is 4.94. The Morgan fingerprint density at radius 1 is 0.870 bits per heavy atom. The lowest BCUT2D eigenvalue weighted by atomic mass is 10.0. The van der Waals surface area contributed by atoms with Gasteiger partial charge in [0.25, 0.3) is 0 Å². The molecule has 5 heteroatoms. The van der Waals surface area contributed by atoms with Gasteiger partial charge in [0.1, 0.15) is 7.05 Å². The van der Waals surface area contributed by atoms with E-state index in [1.54, 1.807) is 11.3 Å². The Morgan fingerprint density at radius 2 is 1.57 bits per heavy atom. The Balaban J connectivity index is 0.00000156. The first-order chi connectivity index (χ1) is 10.6. The fourth-order valence-electron chi connectivity index (χ4n) is 3.06.